The quantitative estimate of drug-likeness (QED) is 0.397. The summed E-state index contributed by atoms with van der Waals surface area (Å²) >= 11 is 0. The fourth-order valence-corrected chi connectivity index (χ4v) is 5.11. The van der Waals surface area contributed by atoms with Gasteiger partial charge in [0.05, 0.1) is 10.9 Å². The zero-order valence-corrected chi connectivity index (χ0v) is 19.6. The molecule has 2 heterocycles. The van der Waals surface area contributed by atoms with Crippen LogP contribution in [0.2, 0.25) is 0 Å². The lowest BCUT2D eigenvalue weighted by molar-refractivity contribution is 0.171. The van der Waals surface area contributed by atoms with Crippen molar-refractivity contribution in [3.63, 3.8) is 0 Å². The number of anilines is 1. The Morgan fingerprint density at radius 2 is 1.62 bits per heavy atom. The molecule has 0 radical (unpaired) electrons. The number of nitrogens with zero attached hydrogens (tertiary/aromatic N) is 1. The largest absolute Gasteiger partial charge is 0.486 e. The third-order valence-corrected chi connectivity index (χ3v) is 7.36. The SMILES string of the molecule is Cc1ccccc1-c1nc(S(=O)(=O)c2ccc3c(c2)OCCO3)c(NC(C)c2ccccc2)o1. The normalized spacial score (nSPS) is 13.9. The molecule has 0 saturated heterocycles. The maximum atomic E-state index is 13.7. The first-order valence-electron chi connectivity index (χ1n) is 11.0. The van der Waals surface area contributed by atoms with Gasteiger partial charge in [-0.25, -0.2) is 8.42 Å². The molecule has 1 N–H and O–H groups in total. The lowest BCUT2D eigenvalue weighted by atomic mass is 10.1. The highest BCUT2D eigenvalue weighted by molar-refractivity contribution is 7.91. The Hall–Kier alpha value is -3.78. The predicted molar refractivity (Wildman–Crippen MR) is 128 cm³/mol. The molecular weight excluding hydrogens is 452 g/mol. The van der Waals surface area contributed by atoms with Gasteiger partial charge in [0.25, 0.3) is 0 Å². The van der Waals surface area contributed by atoms with Crippen molar-refractivity contribution in [2.75, 3.05) is 18.5 Å². The van der Waals surface area contributed by atoms with Crippen molar-refractivity contribution in [2.24, 2.45) is 0 Å². The monoisotopic (exact) mass is 476 g/mol. The number of sulfone groups is 1. The Morgan fingerprint density at radius 1 is 0.912 bits per heavy atom. The van der Waals surface area contributed by atoms with Crippen molar-refractivity contribution >= 4 is 15.7 Å². The summed E-state index contributed by atoms with van der Waals surface area (Å²) in [5.74, 6) is 1.23. The zero-order chi connectivity index (χ0) is 23.7. The molecule has 0 bridgehead atoms. The third-order valence-electron chi connectivity index (χ3n) is 5.70. The lowest BCUT2D eigenvalue weighted by Gasteiger charge is -2.19. The van der Waals surface area contributed by atoms with E-state index in [2.05, 4.69) is 10.3 Å². The molecule has 8 heteroatoms. The van der Waals surface area contributed by atoms with E-state index >= 15 is 0 Å². The van der Waals surface area contributed by atoms with Crippen LogP contribution in [0.3, 0.4) is 0 Å². The molecule has 7 nitrogen and oxygen atoms in total. The number of oxazole rings is 1. The van der Waals surface area contributed by atoms with Gasteiger partial charge in [0.15, 0.2) is 11.5 Å². The molecular formula is C26H24N2O5S. The average molecular weight is 477 g/mol. The molecule has 0 saturated carbocycles. The van der Waals surface area contributed by atoms with Crippen molar-refractivity contribution in [3.05, 3.63) is 83.9 Å². The number of ether oxygens (including phenoxy) is 2. The van der Waals surface area contributed by atoms with Crippen LogP contribution in [0.4, 0.5) is 5.88 Å². The van der Waals surface area contributed by atoms with Crippen LogP contribution < -0.4 is 14.8 Å². The highest BCUT2D eigenvalue weighted by Crippen LogP contribution is 2.38. The van der Waals surface area contributed by atoms with Gasteiger partial charge >= 0.3 is 0 Å². The van der Waals surface area contributed by atoms with E-state index in [9.17, 15) is 8.42 Å². The smallest absolute Gasteiger partial charge is 0.234 e. The van der Waals surface area contributed by atoms with E-state index in [0.29, 0.717) is 24.7 Å². The Morgan fingerprint density at radius 3 is 2.38 bits per heavy atom. The van der Waals surface area contributed by atoms with Crippen molar-refractivity contribution in [2.45, 2.75) is 29.8 Å². The van der Waals surface area contributed by atoms with Crippen LogP contribution in [0.25, 0.3) is 11.5 Å². The van der Waals surface area contributed by atoms with Crippen molar-refractivity contribution < 1.29 is 22.3 Å². The summed E-state index contributed by atoms with van der Waals surface area (Å²) in [6.45, 7) is 4.65. The molecule has 1 aliphatic heterocycles. The summed E-state index contributed by atoms with van der Waals surface area (Å²) < 4.78 is 44.6. The molecule has 34 heavy (non-hydrogen) atoms. The number of benzene rings is 3. The van der Waals surface area contributed by atoms with E-state index in [-0.39, 0.29) is 27.7 Å². The van der Waals surface area contributed by atoms with Crippen LogP contribution in [0.15, 0.2) is 87.1 Å². The number of hydrogen-bond acceptors (Lipinski definition) is 7. The maximum absolute atomic E-state index is 13.7. The highest BCUT2D eigenvalue weighted by atomic mass is 32.2. The maximum Gasteiger partial charge on any atom is 0.234 e. The summed E-state index contributed by atoms with van der Waals surface area (Å²) in [6, 6.07) is 21.6. The topological polar surface area (TPSA) is 90.7 Å². The predicted octanol–water partition coefficient (Wildman–Crippen LogP) is 5.43. The number of fused-ring (bicyclic) bond motifs is 1. The molecule has 1 unspecified atom stereocenters. The number of aryl methyl sites for hydroxylation is 1. The first-order chi connectivity index (χ1) is 16.4. The molecule has 174 valence electrons. The minimum Gasteiger partial charge on any atom is -0.486 e. The van der Waals surface area contributed by atoms with Gasteiger partial charge in [0.2, 0.25) is 26.6 Å². The molecule has 0 aliphatic carbocycles. The van der Waals surface area contributed by atoms with Crippen LogP contribution in [-0.4, -0.2) is 26.6 Å². The minimum atomic E-state index is -4.03. The highest BCUT2D eigenvalue weighted by Gasteiger charge is 2.31. The van der Waals surface area contributed by atoms with Gasteiger partial charge in [-0.3, -0.25) is 0 Å². The second-order valence-electron chi connectivity index (χ2n) is 8.05. The fraction of sp³-hybridized carbons (Fsp3) is 0.192. The first kappa shape index (κ1) is 22.0. The van der Waals surface area contributed by atoms with Gasteiger partial charge in [0.1, 0.15) is 13.2 Å². The van der Waals surface area contributed by atoms with Crippen molar-refractivity contribution in [1.82, 2.24) is 4.98 Å². The zero-order valence-electron chi connectivity index (χ0n) is 18.8. The van der Waals surface area contributed by atoms with Crippen LogP contribution in [-0.2, 0) is 9.84 Å². The number of nitrogens with one attached hydrogen (secondary N) is 1. The fourth-order valence-electron chi connectivity index (χ4n) is 3.83. The van der Waals surface area contributed by atoms with E-state index in [4.69, 9.17) is 13.9 Å². The van der Waals surface area contributed by atoms with Gasteiger partial charge in [-0.05, 0) is 43.2 Å². The van der Waals surface area contributed by atoms with Crippen LogP contribution in [0.1, 0.15) is 24.1 Å². The summed E-state index contributed by atoms with van der Waals surface area (Å²) in [7, 11) is -4.03. The molecule has 3 aromatic carbocycles. The van der Waals surface area contributed by atoms with E-state index in [1.807, 2.05) is 68.4 Å². The van der Waals surface area contributed by atoms with E-state index in [1.165, 1.54) is 12.1 Å². The summed E-state index contributed by atoms with van der Waals surface area (Å²) in [6.07, 6.45) is 0. The van der Waals surface area contributed by atoms with Crippen LogP contribution >= 0.6 is 0 Å². The van der Waals surface area contributed by atoms with Crippen molar-refractivity contribution in [1.29, 1.82) is 0 Å². The standard InChI is InChI=1S/C26H24N2O5S/c1-17-8-6-7-11-21(17)24-28-26(25(33-24)27-18(2)19-9-4-3-5-10-19)34(29,30)20-12-13-22-23(16-20)32-15-14-31-22/h3-13,16,18,27H,14-15H2,1-2H3. The van der Waals surface area contributed by atoms with Gasteiger partial charge in [-0.1, -0.05) is 48.5 Å². The number of rotatable bonds is 6. The first-order valence-corrected chi connectivity index (χ1v) is 12.4. The second kappa shape index (κ2) is 8.87. The Bertz CT molecular complexity index is 1430. The van der Waals surface area contributed by atoms with Crippen molar-refractivity contribution in [3.8, 4) is 23.0 Å². The Labute approximate surface area is 198 Å². The van der Waals surface area contributed by atoms with Gasteiger partial charge in [-0.2, -0.15) is 4.98 Å². The lowest BCUT2D eigenvalue weighted by Crippen LogP contribution is -2.16. The summed E-state index contributed by atoms with van der Waals surface area (Å²) in [4.78, 5) is 4.51. The Kier molecular flexibility index (Phi) is 5.75. The molecule has 1 atom stereocenters. The third kappa shape index (κ3) is 4.12. The van der Waals surface area contributed by atoms with E-state index in [0.717, 1.165) is 16.7 Å². The van der Waals surface area contributed by atoms with E-state index in [1.54, 1.807) is 6.07 Å². The molecule has 1 aliphatic rings. The van der Waals surface area contributed by atoms with Crippen LogP contribution in [0.5, 0.6) is 11.5 Å². The van der Waals surface area contributed by atoms with Gasteiger partial charge < -0.3 is 19.2 Å². The average Bonchev–Trinajstić information content (AvgIpc) is 3.29. The molecule has 0 amide bonds. The minimum absolute atomic E-state index is 0.0526. The Balaban J connectivity index is 1.60. The van der Waals surface area contributed by atoms with Gasteiger partial charge in [-0.15, -0.1) is 0 Å². The van der Waals surface area contributed by atoms with Crippen LogP contribution in [0, 0.1) is 6.92 Å². The summed E-state index contributed by atoms with van der Waals surface area (Å²) in [5.41, 5.74) is 2.63. The second-order valence-corrected chi connectivity index (χ2v) is 9.92. The molecule has 4 aromatic rings. The molecule has 5 rings (SSSR count). The molecule has 0 fully saturated rings. The van der Waals surface area contributed by atoms with E-state index < -0.39 is 9.84 Å². The number of aromatic nitrogens is 1. The molecule has 1 aromatic heterocycles. The summed E-state index contributed by atoms with van der Waals surface area (Å²) in [5, 5.41) is 3.03. The number of hydrogen-bond donors (Lipinski definition) is 1. The van der Waals surface area contributed by atoms with Gasteiger partial charge in [0, 0.05) is 11.6 Å². The molecule has 0 spiro atoms.